The number of benzene rings is 1. The second-order valence-electron chi connectivity index (χ2n) is 4.91. The molecule has 0 fully saturated rings. The topological polar surface area (TPSA) is 12.0 Å². The molecule has 0 radical (unpaired) electrons. The van der Waals surface area contributed by atoms with E-state index in [1.54, 1.807) is 0 Å². The predicted molar refractivity (Wildman–Crippen MR) is 68.8 cm³/mol. The van der Waals surface area contributed by atoms with Crippen molar-refractivity contribution in [3.05, 3.63) is 28.8 Å². The van der Waals surface area contributed by atoms with Crippen LogP contribution in [0.2, 0.25) is 0 Å². The smallest absolute Gasteiger partial charge is 0.0374 e. The minimum Gasteiger partial charge on any atom is -0.383 e. The van der Waals surface area contributed by atoms with E-state index in [1.165, 1.54) is 22.4 Å². The highest BCUT2D eigenvalue weighted by Gasteiger charge is 2.09. The van der Waals surface area contributed by atoms with Crippen molar-refractivity contribution in [1.29, 1.82) is 0 Å². The van der Waals surface area contributed by atoms with E-state index in [2.05, 4.69) is 59.0 Å². The second kappa shape index (κ2) is 4.69. The molecule has 0 amide bonds. The maximum absolute atomic E-state index is 3.48. The third kappa shape index (κ3) is 2.74. The fourth-order valence-corrected chi connectivity index (χ4v) is 1.93. The summed E-state index contributed by atoms with van der Waals surface area (Å²) in [6.07, 6.45) is 0. The molecular weight excluding hydrogens is 182 g/mol. The minimum atomic E-state index is 0.494. The molecule has 0 aliphatic heterocycles. The molecule has 0 spiro atoms. The summed E-state index contributed by atoms with van der Waals surface area (Å²) in [6.45, 7) is 13.3. The van der Waals surface area contributed by atoms with Crippen LogP contribution >= 0.6 is 0 Å². The molecule has 0 heterocycles. The summed E-state index contributed by atoms with van der Waals surface area (Å²) < 4.78 is 0. The van der Waals surface area contributed by atoms with Gasteiger partial charge in [-0.25, -0.2) is 0 Å². The summed E-state index contributed by atoms with van der Waals surface area (Å²) >= 11 is 0. The van der Waals surface area contributed by atoms with E-state index in [4.69, 9.17) is 0 Å². The lowest BCUT2D eigenvalue weighted by molar-refractivity contribution is 0.850. The van der Waals surface area contributed by atoms with Gasteiger partial charge in [0.15, 0.2) is 0 Å². The first-order valence-electron chi connectivity index (χ1n) is 5.80. The number of hydrogen-bond acceptors (Lipinski definition) is 1. The van der Waals surface area contributed by atoms with Crippen LogP contribution in [0.4, 0.5) is 5.69 Å². The van der Waals surface area contributed by atoms with E-state index in [-0.39, 0.29) is 0 Å². The molecule has 0 aliphatic rings. The molecule has 1 heteroatoms. The van der Waals surface area contributed by atoms with Crippen LogP contribution in [-0.4, -0.2) is 6.04 Å². The van der Waals surface area contributed by atoms with Gasteiger partial charge in [-0.2, -0.15) is 0 Å². The number of nitrogens with one attached hydrogen (secondary N) is 1. The summed E-state index contributed by atoms with van der Waals surface area (Å²) in [6, 6.07) is 4.95. The van der Waals surface area contributed by atoms with Crippen molar-refractivity contribution < 1.29 is 0 Å². The van der Waals surface area contributed by atoms with Crippen LogP contribution in [0.25, 0.3) is 0 Å². The van der Waals surface area contributed by atoms with E-state index < -0.39 is 0 Å². The zero-order valence-corrected chi connectivity index (χ0v) is 10.8. The standard InChI is InChI=1S/C14H23N/c1-9(2)13-7-8-14(15-10(3)4)12(6)11(13)5/h7-10,15H,1-6H3. The molecule has 0 bridgehead atoms. The van der Waals surface area contributed by atoms with Gasteiger partial charge in [0.1, 0.15) is 0 Å². The summed E-state index contributed by atoms with van der Waals surface area (Å²) in [5.41, 5.74) is 5.54. The van der Waals surface area contributed by atoms with Crippen LogP contribution in [0.15, 0.2) is 12.1 Å². The van der Waals surface area contributed by atoms with E-state index in [1.807, 2.05) is 0 Å². The number of anilines is 1. The van der Waals surface area contributed by atoms with Crippen molar-refractivity contribution in [2.75, 3.05) is 5.32 Å². The zero-order valence-electron chi connectivity index (χ0n) is 10.8. The van der Waals surface area contributed by atoms with Crippen LogP contribution in [-0.2, 0) is 0 Å². The Morgan fingerprint density at radius 3 is 2.00 bits per heavy atom. The molecular formula is C14H23N. The first-order chi connectivity index (χ1) is 6.93. The molecule has 0 unspecified atom stereocenters. The fraction of sp³-hybridized carbons (Fsp3) is 0.571. The van der Waals surface area contributed by atoms with E-state index in [0.717, 1.165) is 0 Å². The normalized spacial score (nSPS) is 11.2. The van der Waals surface area contributed by atoms with Crippen LogP contribution in [0.5, 0.6) is 0 Å². The Morgan fingerprint density at radius 1 is 0.933 bits per heavy atom. The van der Waals surface area contributed by atoms with Crippen molar-refractivity contribution in [3.8, 4) is 0 Å². The molecule has 1 rings (SSSR count). The van der Waals surface area contributed by atoms with Gasteiger partial charge >= 0.3 is 0 Å². The molecule has 0 saturated carbocycles. The van der Waals surface area contributed by atoms with Crippen LogP contribution in [0, 0.1) is 13.8 Å². The van der Waals surface area contributed by atoms with E-state index >= 15 is 0 Å². The Kier molecular flexibility index (Phi) is 3.78. The summed E-state index contributed by atoms with van der Waals surface area (Å²) in [7, 11) is 0. The quantitative estimate of drug-likeness (QED) is 0.778. The van der Waals surface area contributed by atoms with Gasteiger partial charge in [0.2, 0.25) is 0 Å². The average Bonchev–Trinajstić information content (AvgIpc) is 2.12. The van der Waals surface area contributed by atoms with Gasteiger partial charge in [0.05, 0.1) is 0 Å². The van der Waals surface area contributed by atoms with Crippen LogP contribution in [0.1, 0.15) is 50.3 Å². The van der Waals surface area contributed by atoms with E-state index in [9.17, 15) is 0 Å². The van der Waals surface area contributed by atoms with Gasteiger partial charge in [-0.05, 0) is 56.4 Å². The summed E-state index contributed by atoms with van der Waals surface area (Å²) in [5, 5.41) is 3.48. The van der Waals surface area contributed by atoms with Crippen LogP contribution < -0.4 is 5.32 Å². The third-order valence-corrected chi connectivity index (χ3v) is 2.90. The molecule has 0 aliphatic carbocycles. The molecule has 0 saturated heterocycles. The molecule has 15 heavy (non-hydrogen) atoms. The Morgan fingerprint density at radius 2 is 1.53 bits per heavy atom. The molecule has 1 N–H and O–H groups in total. The highest BCUT2D eigenvalue weighted by molar-refractivity contribution is 5.57. The maximum atomic E-state index is 3.48. The van der Waals surface area contributed by atoms with Crippen molar-refractivity contribution in [2.45, 2.75) is 53.5 Å². The fourth-order valence-electron chi connectivity index (χ4n) is 1.93. The molecule has 84 valence electrons. The predicted octanol–water partition coefficient (Wildman–Crippen LogP) is 4.25. The minimum absolute atomic E-state index is 0.494. The molecule has 0 aromatic heterocycles. The Hall–Kier alpha value is -0.980. The van der Waals surface area contributed by atoms with Gasteiger partial charge in [-0.1, -0.05) is 19.9 Å². The van der Waals surface area contributed by atoms with Gasteiger partial charge in [-0.15, -0.1) is 0 Å². The van der Waals surface area contributed by atoms with Crippen molar-refractivity contribution >= 4 is 5.69 Å². The van der Waals surface area contributed by atoms with Gasteiger partial charge < -0.3 is 5.32 Å². The molecule has 1 nitrogen and oxygen atoms in total. The van der Waals surface area contributed by atoms with Crippen molar-refractivity contribution in [2.24, 2.45) is 0 Å². The number of hydrogen-bond donors (Lipinski definition) is 1. The molecule has 1 aromatic rings. The lowest BCUT2D eigenvalue weighted by Gasteiger charge is -2.18. The SMILES string of the molecule is Cc1c(NC(C)C)ccc(C(C)C)c1C. The monoisotopic (exact) mass is 205 g/mol. The van der Waals surface area contributed by atoms with Gasteiger partial charge in [-0.3, -0.25) is 0 Å². The lowest BCUT2D eigenvalue weighted by atomic mass is 9.93. The summed E-state index contributed by atoms with van der Waals surface area (Å²) in [5.74, 6) is 0.608. The van der Waals surface area contributed by atoms with Crippen molar-refractivity contribution in [1.82, 2.24) is 0 Å². The largest absolute Gasteiger partial charge is 0.383 e. The number of rotatable bonds is 3. The van der Waals surface area contributed by atoms with E-state index in [0.29, 0.717) is 12.0 Å². The molecule has 0 atom stereocenters. The molecule has 1 aromatic carbocycles. The second-order valence-corrected chi connectivity index (χ2v) is 4.91. The summed E-state index contributed by atoms with van der Waals surface area (Å²) in [4.78, 5) is 0. The highest BCUT2D eigenvalue weighted by Crippen LogP contribution is 2.27. The van der Waals surface area contributed by atoms with Gasteiger partial charge in [0.25, 0.3) is 0 Å². The Balaban J connectivity index is 3.10. The van der Waals surface area contributed by atoms with Crippen molar-refractivity contribution in [3.63, 3.8) is 0 Å². The first-order valence-corrected chi connectivity index (χ1v) is 5.80. The van der Waals surface area contributed by atoms with Gasteiger partial charge in [0, 0.05) is 11.7 Å². The van der Waals surface area contributed by atoms with Crippen LogP contribution in [0.3, 0.4) is 0 Å². The highest BCUT2D eigenvalue weighted by atomic mass is 14.9. The maximum Gasteiger partial charge on any atom is 0.0374 e. The third-order valence-electron chi connectivity index (χ3n) is 2.90. The lowest BCUT2D eigenvalue weighted by Crippen LogP contribution is -2.11. The Bertz CT molecular complexity index is 337. The Labute approximate surface area is 93.9 Å². The zero-order chi connectivity index (χ0) is 11.6. The average molecular weight is 205 g/mol. The first kappa shape index (κ1) is 12.1.